The highest BCUT2D eigenvalue weighted by molar-refractivity contribution is 5.86. The van der Waals surface area contributed by atoms with Gasteiger partial charge in [-0.2, -0.15) is 4.98 Å². The van der Waals surface area contributed by atoms with Crippen molar-refractivity contribution in [2.45, 2.75) is 6.92 Å². The van der Waals surface area contributed by atoms with E-state index in [1.807, 2.05) is 0 Å². The highest BCUT2D eigenvalue weighted by Gasteiger charge is 2.18. The van der Waals surface area contributed by atoms with Gasteiger partial charge in [0.1, 0.15) is 6.26 Å². The molecule has 2 aromatic rings. The van der Waals surface area contributed by atoms with Crippen LogP contribution >= 0.6 is 0 Å². The minimum atomic E-state index is -0.647. The van der Waals surface area contributed by atoms with Crippen molar-refractivity contribution < 1.29 is 18.9 Å². The Labute approximate surface area is 100 Å². The van der Waals surface area contributed by atoms with Crippen molar-refractivity contribution in [2.24, 2.45) is 0 Å². The van der Waals surface area contributed by atoms with E-state index in [-0.39, 0.29) is 24.1 Å². The van der Waals surface area contributed by atoms with Gasteiger partial charge in [0.05, 0.1) is 24.0 Å². The molecule has 0 saturated heterocycles. The van der Waals surface area contributed by atoms with Crippen LogP contribution in [0.2, 0.25) is 0 Å². The van der Waals surface area contributed by atoms with E-state index in [4.69, 9.17) is 9.15 Å². The summed E-state index contributed by atoms with van der Waals surface area (Å²) >= 11 is 0. The molecule has 0 atom stereocenters. The molecule has 0 aliphatic carbocycles. The minimum absolute atomic E-state index is 0.0231. The van der Waals surface area contributed by atoms with Gasteiger partial charge >= 0.3 is 17.8 Å². The standard InChI is InChI=1S/C9H8N4O5/c1-2-17-8(14)6-5-18-9(10-6)12-4-3-7(11-12)13(15)16/h3-5H,2H2,1H3. The highest BCUT2D eigenvalue weighted by atomic mass is 16.6. The molecule has 2 heterocycles. The lowest BCUT2D eigenvalue weighted by atomic mass is 10.5. The molecular weight excluding hydrogens is 244 g/mol. The first-order valence-electron chi connectivity index (χ1n) is 4.95. The van der Waals surface area contributed by atoms with Crippen molar-refractivity contribution in [1.29, 1.82) is 0 Å². The third-order valence-corrected chi connectivity index (χ3v) is 1.93. The van der Waals surface area contributed by atoms with Gasteiger partial charge in [0.15, 0.2) is 5.69 Å². The number of nitro groups is 1. The maximum absolute atomic E-state index is 11.3. The predicted molar refractivity (Wildman–Crippen MR) is 56.2 cm³/mol. The fourth-order valence-electron chi connectivity index (χ4n) is 1.19. The van der Waals surface area contributed by atoms with E-state index in [1.165, 1.54) is 12.3 Å². The topological polar surface area (TPSA) is 113 Å². The second-order valence-electron chi connectivity index (χ2n) is 3.11. The molecule has 0 amide bonds. The van der Waals surface area contributed by atoms with Crippen LogP contribution in [-0.2, 0) is 4.74 Å². The molecule has 0 spiro atoms. The molecule has 94 valence electrons. The van der Waals surface area contributed by atoms with Gasteiger partial charge in [0.2, 0.25) is 0 Å². The van der Waals surface area contributed by atoms with Crippen molar-refractivity contribution in [3.63, 3.8) is 0 Å². The minimum Gasteiger partial charge on any atom is -0.461 e. The molecule has 0 bridgehead atoms. The van der Waals surface area contributed by atoms with E-state index in [2.05, 4.69) is 10.1 Å². The Morgan fingerprint density at radius 3 is 3.06 bits per heavy atom. The normalized spacial score (nSPS) is 10.3. The SMILES string of the molecule is CCOC(=O)c1coc(-n2ccc([N+](=O)[O-])n2)n1. The van der Waals surface area contributed by atoms with Crippen LogP contribution in [0.3, 0.4) is 0 Å². The third kappa shape index (κ3) is 2.19. The lowest BCUT2D eigenvalue weighted by Crippen LogP contribution is -2.05. The van der Waals surface area contributed by atoms with Crippen LogP contribution in [0, 0.1) is 10.1 Å². The Balaban J connectivity index is 2.23. The van der Waals surface area contributed by atoms with E-state index in [1.54, 1.807) is 6.92 Å². The Hall–Kier alpha value is -2.71. The van der Waals surface area contributed by atoms with Crippen LogP contribution in [-0.4, -0.2) is 32.3 Å². The van der Waals surface area contributed by atoms with Crippen LogP contribution in [0.25, 0.3) is 6.01 Å². The van der Waals surface area contributed by atoms with E-state index in [0.29, 0.717) is 0 Å². The van der Waals surface area contributed by atoms with E-state index < -0.39 is 10.9 Å². The molecule has 0 fully saturated rings. The summed E-state index contributed by atoms with van der Waals surface area (Å²) in [6, 6.07) is 1.14. The molecule has 0 aliphatic heterocycles. The lowest BCUT2D eigenvalue weighted by molar-refractivity contribution is -0.389. The summed E-state index contributed by atoms with van der Waals surface area (Å²) in [5.74, 6) is -0.972. The smallest absolute Gasteiger partial charge is 0.390 e. The van der Waals surface area contributed by atoms with Gasteiger partial charge in [0, 0.05) is 0 Å². The second kappa shape index (κ2) is 4.65. The molecule has 0 aromatic carbocycles. The van der Waals surface area contributed by atoms with Gasteiger partial charge in [-0.3, -0.25) is 0 Å². The second-order valence-corrected chi connectivity index (χ2v) is 3.11. The number of nitrogens with zero attached hydrogens (tertiary/aromatic N) is 4. The summed E-state index contributed by atoms with van der Waals surface area (Å²) in [7, 11) is 0. The average Bonchev–Trinajstić information content (AvgIpc) is 2.98. The summed E-state index contributed by atoms with van der Waals surface area (Å²) in [6.45, 7) is 1.88. The Kier molecular flexibility index (Phi) is 3.04. The zero-order chi connectivity index (χ0) is 13.1. The van der Waals surface area contributed by atoms with Gasteiger partial charge in [-0.05, 0) is 11.8 Å². The Morgan fingerprint density at radius 1 is 1.67 bits per heavy atom. The number of aromatic nitrogens is 3. The van der Waals surface area contributed by atoms with E-state index in [9.17, 15) is 14.9 Å². The highest BCUT2D eigenvalue weighted by Crippen LogP contribution is 2.12. The summed E-state index contributed by atoms with van der Waals surface area (Å²) < 4.78 is 10.8. The number of ether oxygens (including phenoxy) is 1. The molecular formula is C9H8N4O5. The quantitative estimate of drug-likeness (QED) is 0.452. The van der Waals surface area contributed by atoms with Crippen LogP contribution in [0.1, 0.15) is 17.4 Å². The van der Waals surface area contributed by atoms with Crippen LogP contribution in [0.4, 0.5) is 5.82 Å². The fourth-order valence-corrected chi connectivity index (χ4v) is 1.19. The number of rotatable bonds is 4. The summed E-state index contributed by atoms with van der Waals surface area (Å²) in [5.41, 5.74) is -0.0231. The summed E-state index contributed by atoms with van der Waals surface area (Å²) in [4.78, 5) is 24.9. The zero-order valence-corrected chi connectivity index (χ0v) is 9.27. The zero-order valence-electron chi connectivity index (χ0n) is 9.27. The monoisotopic (exact) mass is 252 g/mol. The maximum Gasteiger partial charge on any atom is 0.390 e. The van der Waals surface area contributed by atoms with Gasteiger partial charge in [-0.15, -0.1) is 0 Å². The molecule has 0 radical (unpaired) electrons. The van der Waals surface area contributed by atoms with Crippen LogP contribution in [0.15, 0.2) is 22.9 Å². The Bertz CT molecular complexity index is 587. The summed E-state index contributed by atoms with van der Waals surface area (Å²) in [6.07, 6.45) is 2.40. The van der Waals surface area contributed by atoms with Gasteiger partial charge < -0.3 is 19.3 Å². The van der Waals surface area contributed by atoms with Gasteiger partial charge in [-0.1, -0.05) is 4.68 Å². The molecule has 9 nitrogen and oxygen atoms in total. The number of hydrogen-bond donors (Lipinski definition) is 0. The number of carbonyl (C=O) groups excluding carboxylic acids is 1. The maximum atomic E-state index is 11.3. The van der Waals surface area contributed by atoms with Crippen molar-refractivity contribution >= 4 is 11.8 Å². The van der Waals surface area contributed by atoms with Crippen LogP contribution < -0.4 is 0 Å². The molecule has 0 N–H and O–H groups in total. The number of esters is 1. The molecule has 18 heavy (non-hydrogen) atoms. The molecule has 2 rings (SSSR count). The van der Waals surface area contributed by atoms with Crippen molar-refractivity contribution in [3.05, 3.63) is 34.3 Å². The van der Waals surface area contributed by atoms with E-state index in [0.717, 1.165) is 10.9 Å². The van der Waals surface area contributed by atoms with E-state index >= 15 is 0 Å². The first-order chi connectivity index (χ1) is 8.61. The lowest BCUT2D eigenvalue weighted by Gasteiger charge is -1.94. The largest absolute Gasteiger partial charge is 0.461 e. The fraction of sp³-hybridized carbons (Fsp3) is 0.222. The number of carbonyl (C=O) groups is 1. The van der Waals surface area contributed by atoms with Crippen molar-refractivity contribution in [1.82, 2.24) is 14.8 Å². The third-order valence-electron chi connectivity index (χ3n) is 1.93. The molecule has 2 aromatic heterocycles. The molecule has 0 aliphatic rings. The van der Waals surface area contributed by atoms with Gasteiger partial charge in [-0.25, -0.2) is 4.79 Å². The molecule has 0 unspecified atom stereocenters. The van der Waals surface area contributed by atoms with Crippen molar-refractivity contribution in [2.75, 3.05) is 6.61 Å². The first-order valence-corrected chi connectivity index (χ1v) is 4.95. The number of oxazole rings is 1. The van der Waals surface area contributed by atoms with Crippen molar-refractivity contribution in [3.8, 4) is 6.01 Å². The first kappa shape index (κ1) is 11.8. The molecule has 0 saturated carbocycles. The summed E-state index contributed by atoms with van der Waals surface area (Å²) in [5, 5.41) is 14.1. The van der Waals surface area contributed by atoms with Gasteiger partial charge in [0.25, 0.3) is 0 Å². The van der Waals surface area contributed by atoms with Crippen LogP contribution in [0.5, 0.6) is 0 Å². The average molecular weight is 252 g/mol. The predicted octanol–water partition coefficient (Wildman–Crippen LogP) is 0.945. The Morgan fingerprint density at radius 2 is 2.44 bits per heavy atom. The number of hydrogen-bond acceptors (Lipinski definition) is 7. The molecule has 9 heteroatoms.